The van der Waals surface area contributed by atoms with Gasteiger partial charge < -0.3 is 0 Å². The maximum atomic E-state index is 7.03. The van der Waals surface area contributed by atoms with E-state index >= 15 is 0 Å². The minimum atomic E-state index is 0.270. The van der Waals surface area contributed by atoms with Crippen LogP contribution in [0.1, 0.15) is 5.56 Å². The molecule has 1 N–H and O–H groups in total. The second kappa shape index (κ2) is 3.27. The van der Waals surface area contributed by atoms with Gasteiger partial charge in [0.15, 0.2) is 0 Å². The molecule has 0 unspecified atom stereocenters. The van der Waals surface area contributed by atoms with Crippen molar-refractivity contribution in [3.63, 3.8) is 0 Å². The maximum Gasteiger partial charge on any atom is 0.0984 e. The predicted molar refractivity (Wildman–Crippen MR) is 43.6 cm³/mol. The molecule has 1 heterocycles. The summed E-state index contributed by atoms with van der Waals surface area (Å²) in [5.41, 5.74) is 8.08. The van der Waals surface area contributed by atoms with Crippen molar-refractivity contribution >= 4 is 17.2 Å². The number of nitrogens with zero attached hydrogens (tertiary/aromatic N) is 1. The van der Waals surface area contributed by atoms with E-state index < -0.39 is 0 Å². The van der Waals surface area contributed by atoms with E-state index in [1.807, 2.05) is 12.1 Å². The summed E-state index contributed by atoms with van der Waals surface area (Å²) in [7, 11) is 0. The lowest BCUT2D eigenvalue weighted by molar-refractivity contribution is 1.24. The highest BCUT2D eigenvalue weighted by molar-refractivity contribution is 7.80. The molecule has 3 heteroatoms. The Labute approximate surface area is 65.1 Å². The van der Waals surface area contributed by atoms with Gasteiger partial charge in [0.05, 0.1) is 4.99 Å². The fourth-order valence-electron chi connectivity index (χ4n) is 0.686. The zero-order chi connectivity index (χ0) is 7.40. The number of rotatable bonds is 2. The summed E-state index contributed by atoms with van der Waals surface area (Å²) in [6.07, 6.45) is 3.96. The molecule has 0 aliphatic rings. The average molecular weight is 151 g/mol. The summed E-state index contributed by atoms with van der Waals surface area (Å²) in [4.78, 5) is 4.12. The molecule has 0 aliphatic heterocycles. The minimum Gasteiger partial charge on any atom is -0.293 e. The molecule has 0 saturated heterocycles. The Morgan fingerprint density at radius 2 is 2.10 bits per heavy atom. The number of aromatic nitrogens is 1. The fourth-order valence-corrected chi connectivity index (χ4v) is 0.853. The van der Waals surface area contributed by atoms with E-state index in [0.29, 0.717) is 6.42 Å². The van der Waals surface area contributed by atoms with Crippen molar-refractivity contribution in [2.45, 2.75) is 6.42 Å². The molecule has 1 radical (unpaired) electrons. The van der Waals surface area contributed by atoms with E-state index in [1.165, 1.54) is 0 Å². The Morgan fingerprint density at radius 3 is 2.60 bits per heavy atom. The summed E-state index contributed by atoms with van der Waals surface area (Å²) in [5, 5.41) is 0. The molecule has 0 amide bonds. The molecule has 0 bridgehead atoms. The molecular weight excluding hydrogens is 144 g/mol. The van der Waals surface area contributed by atoms with Crippen molar-refractivity contribution in [3.8, 4) is 0 Å². The van der Waals surface area contributed by atoms with Crippen molar-refractivity contribution in [2.24, 2.45) is 0 Å². The molecule has 1 aromatic heterocycles. The van der Waals surface area contributed by atoms with E-state index in [1.54, 1.807) is 12.4 Å². The lowest BCUT2D eigenvalue weighted by atomic mass is 10.2. The van der Waals surface area contributed by atoms with Crippen molar-refractivity contribution in [3.05, 3.63) is 30.1 Å². The normalized spacial score (nSPS) is 9.20. The molecule has 0 saturated carbocycles. The monoisotopic (exact) mass is 151 g/mol. The molecule has 51 valence electrons. The SMILES string of the molecule is [NH]C(=S)Cc1ccncc1. The molecule has 0 aliphatic carbocycles. The van der Waals surface area contributed by atoms with Crippen LogP contribution in [0, 0.1) is 0 Å². The summed E-state index contributed by atoms with van der Waals surface area (Å²) in [6.45, 7) is 0. The molecule has 2 nitrogen and oxygen atoms in total. The van der Waals surface area contributed by atoms with Crippen molar-refractivity contribution < 1.29 is 0 Å². The summed E-state index contributed by atoms with van der Waals surface area (Å²) < 4.78 is 0. The Kier molecular flexibility index (Phi) is 2.34. The van der Waals surface area contributed by atoms with Gasteiger partial charge in [-0.2, -0.15) is 0 Å². The van der Waals surface area contributed by atoms with Crippen LogP contribution in [0.25, 0.3) is 0 Å². The number of pyridine rings is 1. The Hall–Kier alpha value is -0.960. The molecule has 0 atom stereocenters. The van der Waals surface area contributed by atoms with Crippen LogP contribution in [0.4, 0.5) is 0 Å². The van der Waals surface area contributed by atoms with E-state index in [2.05, 4.69) is 17.2 Å². The third kappa shape index (κ3) is 2.11. The lowest BCUT2D eigenvalue weighted by Crippen LogP contribution is -1.98. The predicted octanol–water partition coefficient (Wildman–Crippen LogP) is 1.23. The van der Waals surface area contributed by atoms with Crippen LogP contribution in [-0.2, 0) is 6.42 Å². The second-order valence-corrected chi connectivity index (χ2v) is 2.45. The van der Waals surface area contributed by atoms with Crippen LogP contribution >= 0.6 is 12.2 Å². The van der Waals surface area contributed by atoms with Crippen molar-refractivity contribution in [2.75, 3.05) is 0 Å². The molecule has 0 spiro atoms. The first-order valence-electron chi connectivity index (χ1n) is 2.92. The van der Waals surface area contributed by atoms with Crippen LogP contribution in [0.2, 0.25) is 0 Å². The third-order valence-electron chi connectivity index (χ3n) is 1.11. The lowest BCUT2D eigenvalue weighted by Gasteiger charge is -1.94. The quantitative estimate of drug-likeness (QED) is 0.596. The molecular formula is C7H7N2S. The van der Waals surface area contributed by atoms with Gasteiger partial charge in [0, 0.05) is 18.8 Å². The first-order valence-corrected chi connectivity index (χ1v) is 3.33. The third-order valence-corrected chi connectivity index (χ3v) is 1.26. The van der Waals surface area contributed by atoms with Crippen LogP contribution in [0.15, 0.2) is 24.5 Å². The highest BCUT2D eigenvalue weighted by Gasteiger charge is 1.92. The largest absolute Gasteiger partial charge is 0.293 e. The van der Waals surface area contributed by atoms with Gasteiger partial charge in [0.2, 0.25) is 0 Å². The van der Waals surface area contributed by atoms with Gasteiger partial charge in [-0.1, -0.05) is 12.2 Å². The molecule has 0 aromatic carbocycles. The zero-order valence-electron chi connectivity index (χ0n) is 5.37. The van der Waals surface area contributed by atoms with Gasteiger partial charge in [-0.05, 0) is 17.7 Å². The van der Waals surface area contributed by atoms with Gasteiger partial charge in [0.1, 0.15) is 0 Å². The van der Waals surface area contributed by atoms with E-state index in [9.17, 15) is 0 Å². The second-order valence-electron chi connectivity index (χ2n) is 1.96. The van der Waals surface area contributed by atoms with Gasteiger partial charge in [-0.15, -0.1) is 0 Å². The van der Waals surface area contributed by atoms with Crippen LogP contribution < -0.4 is 5.73 Å². The molecule has 0 fully saturated rings. The summed E-state index contributed by atoms with van der Waals surface area (Å²) in [6, 6.07) is 3.72. The Morgan fingerprint density at radius 1 is 1.50 bits per heavy atom. The van der Waals surface area contributed by atoms with Crippen LogP contribution in [0.3, 0.4) is 0 Å². The molecule has 10 heavy (non-hydrogen) atoms. The van der Waals surface area contributed by atoms with Crippen molar-refractivity contribution in [1.29, 1.82) is 0 Å². The Balaban J connectivity index is 2.67. The summed E-state index contributed by atoms with van der Waals surface area (Å²) in [5.74, 6) is 0. The maximum absolute atomic E-state index is 7.03. The fraction of sp³-hybridized carbons (Fsp3) is 0.143. The highest BCUT2D eigenvalue weighted by Crippen LogP contribution is 1.96. The van der Waals surface area contributed by atoms with E-state index in [0.717, 1.165) is 5.56 Å². The van der Waals surface area contributed by atoms with Crippen LogP contribution in [-0.4, -0.2) is 9.97 Å². The van der Waals surface area contributed by atoms with Gasteiger partial charge >= 0.3 is 0 Å². The smallest absolute Gasteiger partial charge is 0.0984 e. The average Bonchev–Trinajstić information content (AvgIpc) is 1.88. The first kappa shape index (κ1) is 7.15. The number of nitrogens with one attached hydrogen (secondary N) is 1. The van der Waals surface area contributed by atoms with Gasteiger partial charge in [0.25, 0.3) is 0 Å². The number of hydrogen-bond donors (Lipinski definition) is 0. The molecule has 1 aromatic rings. The van der Waals surface area contributed by atoms with Gasteiger partial charge in [-0.25, -0.2) is 0 Å². The van der Waals surface area contributed by atoms with Crippen molar-refractivity contribution in [1.82, 2.24) is 10.7 Å². The van der Waals surface area contributed by atoms with E-state index in [4.69, 9.17) is 5.73 Å². The Bertz CT molecular complexity index is 220. The van der Waals surface area contributed by atoms with Gasteiger partial charge in [-0.3, -0.25) is 10.7 Å². The highest BCUT2D eigenvalue weighted by atomic mass is 32.1. The zero-order valence-corrected chi connectivity index (χ0v) is 6.19. The topological polar surface area (TPSA) is 36.7 Å². The first-order chi connectivity index (χ1) is 4.79. The van der Waals surface area contributed by atoms with E-state index in [-0.39, 0.29) is 4.99 Å². The summed E-state index contributed by atoms with van der Waals surface area (Å²) >= 11 is 4.62. The number of hydrogen-bond acceptors (Lipinski definition) is 2. The van der Waals surface area contributed by atoms with Crippen LogP contribution in [0.5, 0.6) is 0 Å². The minimum absolute atomic E-state index is 0.270. The number of thiocarbonyl (C=S) groups is 1. The standard InChI is InChI=1S/C7H7N2S/c8-7(10)5-6-1-3-9-4-2-6/h1-4,8H,5H2. The molecule has 1 rings (SSSR count).